The Morgan fingerprint density at radius 3 is 2.14 bits per heavy atom. The summed E-state index contributed by atoms with van der Waals surface area (Å²) in [6.45, 7) is 2.92. The number of benzene rings is 2. The van der Waals surface area contributed by atoms with Crippen LogP contribution in [0.2, 0.25) is 5.02 Å². The minimum Gasteiger partial charge on any atom is -0.368 e. The van der Waals surface area contributed by atoms with E-state index in [0.717, 1.165) is 29.9 Å². The highest BCUT2D eigenvalue weighted by Gasteiger charge is 2.31. The average molecular weight is 391 g/mol. The van der Waals surface area contributed by atoms with Crippen LogP contribution in [0, 0.1) is 5.92 Å². The number of rotatable bonds is 4. The van der Waals surface area contributed by atoms with Crippen LogP contribution in [-0.2, 0) is 4.79 Å². The Balaban J connectivity index is 1.56. The van der Waals surface area contributed by atoms with Crippen molar-refractivity contribution in [1.29, 1.82) is 0 Å². The maximum atomic E-state index is 13.5. The van der Waals surface area contributed by atoms with Gasteiger partial charge in [-0.25, -0.2) is 0 Å². The van der Waals surface area contributed by atoms with Crippen LogP contribution in [0.3, 0.4) is 0 Å². The van der Waals surface area contributed by atoms with Crippen LogP contribution in [0.5, 0.6) is 0 Å². The minimum atomic E-state index is 0.0219. The number of carbonyl (C=O) groups is 1. The van der Waals surface area contributed by atoms with Crippen LogP contribution in [0.1, 0.15) is 11.1 Å². The first-order chi connectivity index (χ1) is 13.7. The van der Waals surface area contributed by atoms with Crippen molar-refractivity contribution in [2.75, 3.05) is 31.1 Å². The molecular formula is C23H21ClN3O. The molecule has 4 rings (SSSR count). The predicted molar refractivity (Wildman–Crippen MR) is 112 cm³/mol. The van der Waals surface area contributed by atoms with Crippen molar-refractivity contribution in [3.05, 3.63) is 101 Å². The van der Waals surface area contributed by atoms with Gasteiger partial charge in [-0.2, -0.15) is 0 Å². The maximum absolute atomic E-state index is 13.5. The molecule has 28 heavy (non-hydrogen) atoms. The van der Waals surface area contributed by atoms with E-state index in [1.165, 1.54) is 0 Å². The number of amides is 1. The highest BCUT2D eigenvalue weighted by molar-refractivity contribution is 6.32. The second-order valence-electron chi connectivity index (χ2n) is 6.71. The highest BCUT2D eigenvalue weighted by atomic mass is 35.5. The van der Waals surface area contributed by atoms with Crippen LogP contribution in [0.4, 0.5) is 5.69 Å². The first-order valence-corrected chi connectivity index (χ1v) is 9.73. The molecule has 0 N–H and O–H groups in total. The fourth-order valence-electron chi connectivity index (χ4n) is 3.54. The number of piperazine rings is 1. The molecule has 2 heterocycles. The molecular weight excluding hydrogens is 370 g/mol. The molecule has 1 aromatic heterocycles. The second kappa shape index (κ2) is 8.44. The Morgan fingerprint density at radius 1 is 0.821 bits per heavy atom. The first kappa shape index (κ1) is 18.5. The molecule has 0 saturated carbocycles. The van der Waals surface area contributed by atoms with E-state index in [9.17, 15) is 4.79 Å². The number of anilines is 1. The van der Waals surface area contributed by atoms with Gasteiger partial charge in [0.05, 0.1) is 0 Å². The molecule has 0 unspecified atom stereocenters. The van der Waals surface area contributed by atoms with E-state index in [1.807, 2.05) is 71.6 Å². The Bertz CT molecular complexity index is 925. The van der Waals surface area contributed by atoms with Gasteiger partial charge in [-0.1, -0.05) is 60.1 Å². The summed E-state index contributed by atoms with van der Waals surface area (Å²) in [6, 6.07) is 21.3. The third kappa shape index (κ3) is 3.87. The lowest BCUT2D eigenvalue weighted by Gasteiger charge is -2.37. The highest BCUT2D eigenvalue weighted by Crippen LogP contribution is 2.31. The Morgan fingerprint density at radius 2 is 1.46 bits per heavy atom. The quantitative estimate of drug-likeness (QED) is 0.674. The fraction of sp³-hybridized carbons (Fsp3) is 0.174. The molecule has 3 aromatic rings. The van der Waals surface area contributed by atoms with E-state index in [0.29, 0.717) is 24.0 Å². The summed E-state index contributed by atoms with van der Waals surface area (Å²) in [4.78, 5) is 21.8. The molecule has 2 aromatic carbocycles. The van der Waals surface area contributed by atoms with Gasteiger partial charge in [-0.3, -0.25) is 9.78 Å². The van der Waals surface area contributed by atoms with Gasteiger partial charge in [0.25, 0.3) is 0 Å². The average Bonchev–Trinajstić information content (AvgIpc) is 2.77. The summed E-state index contributed by atoms with van der Waals surface area (Å²) in [7, 11) is 0. The van der Waals surface area contributed by atoms with Crippen molar-refractivity contribution in [3.8, 4) is 0 Å². The zero-order valence-corrected chi connectivity index (χ0v) is 16.2. The van der Waals surface area contributed by atoms with Gasteiger partial charge < -0.3 is 9.80 Å². The molecule has 0 atom stereocenters. The van der Waals surface area contributed by atoms with Gasteiger partial charge in [0.15, 0.2) is 0 Å². The number of pyridine rings is 1. The largest absolute Gasteiger partial charge is 0.368 e. The summed E-state index contributed by atoms with van der Waals surface area (Å²) in [5.41, 5.74) is 2.80. The summed E-state index contributed by atoms with van der Waals surface area (Å²) >= 11 is 6.45. The van der Waals surface area contributed by atoms with Crippen LogP contribution in [0.15, 0.2) is 79.1 Å². The summed E-state index contributed by atoms with van der Waals surface area (Å²) in [5, 5.41) is 0.588. The van der Waals surface area contributed by atoms with Gasteiger partial charge in [0.2, 0.25) is 5.91 Å². The SMILES string of the molecule is O=C([C](c1ccccc1)c1ccccc1Cl)N1CCN(c2ccncc2)CC1. The van der Waals surface area contributed by atoms with E-state index in [2.05, 4.69) is 9.88 Å². The molecule has 1 aliphatic heterocycles. The van der Waals surface area contributed by atoms with E-state index < -0.39 is 0 Å². The van der Waals surface area contributed by atoms with E-state index in [4.69, 9.17) is 11.6 Å². The molecule has 141 valence electrons. The number of carbonyl (C=O) groups excluding carboxylic acids is 1. The Labute approximate surface area is 170 Å². The number of hydrogen-bond donors (Lipinski definition) is 0. The molecule has 1 aliphatic rings. The molecule has 4 nitrogen and oxygen atoms in total. The normalized spacial score (nSPS) is 14.4. The number of halogens is 1. The standard InChI is InChI=1S/C23H21ClN3O/c24-21-9-5-4-8-20(21)22(18-6-2-1-3-7-18)23(28)27-16-14-26(15-17-27)19-10-12-25-13-11-19/h1-13H,14-17H2. The number of nitrogens with zero attached hydrogens (tertiary/aromatic N) is 3. The first-order valence-electron chi connectivity index (χ1n) is 9.35. The monoisotopic (exact) mass is 390 g/mol. The zero-order chi connectivity index (χ0) is 19.3. The summed E-state index contributed by atoms with van der Waals surface area (Å²) < 4.78 is 0. The Hall–Kier alpha value is -2.85. The van der Waals surface area contributed by atoms with Gasteiger partial charge in [0.1, 0.15) is 5.92 Å². The molecule has 1 saturated heterocycles. The van der Waals surface area contributed by atoms with Crippen molar-refractivity contribution >= 4 is 23.2 Å². The van der Waals surface area contributed by atoms with Crippen LogP contribution < -0.4 is 4.90 Å². The zero-order valence-electron chi connectivity index (χ0n) is 15.5. The molecule has 1 radical (unpaired) electrons. The van der Waals surface area contributed by atoms with Crippen LogP contribution in [0.25, 0.3) is 0 Å². The van der Waals surface area contributed by atoms with Crippen LogP contribution in [-0.4, -0.2) is 42.0 Å². The second-order valence-corrected chi connectivity index (χ2v) is 7.11. The van der Waals surface area contributed by atoms with E-state index >= 15 is 0 Å². The smallest absolute Gasteiger partial charge is 0.239 e. The van der Waals surface area contributed by atoms with E-state index in [-0.39, 0.29) is 5.91 Å². The number of hydrogen-bond acceptors (Lipinski definition) is 3. The van der Waals surface area contributed by atoms with E-state index in [1.54, 1.807) is 12.4 Å². The van der Waals surface area contributed by atoms with Crippen molar-refractivity contribution in [2.45, 2.75) is 0 Å². The van der Waals surface area contributed by atoms with Crippen molar-refractivity contribution < 1.29 is 4.79 Å². The molecule has 5 heteroatoms. The number of aromatic nitrogens is 1. The molecule has 0 bridgehead atoms. The third-order valence-corrected chi connectivity index (χ3v) is 5.34. The fourth-order valence-corrected chi connectivity index (χ4v) is 3.77. The molecule has 1 amide bonds. The maximum Gasteiger partial charge on any atom is 0.239 e. The third-order valence-electron chi connectivity index (χ3n) is 5.01. The predicted octanol–water partition coefficient (Wildman–Crippen LogP) is 4.05. The van der Waals surface area contributed by atoms with Crippen LogP contribution >= 0.6 is 11.6 Å². The minimum absolute atomic E-state index is 0.0219. The lowest BCUT2D eigenvalue weighted by atomic mass is 9.89. The van der Waals surface area contributed by atoms with Crippen molar-refractivity contribution in [1.82, 2.24) is 9.88 Å². The van der Waals surface area contributed by atoms with Crippen molar-refractivity contribution in [3.63, 3.8) is 0 Å². The topological polar surface area (TPSA) is 36.4 Å². The molecule has 0 aliphatic carbocycles. The molecule has 0 spiro atoms. The van der Waals surface area contributed by atoms with Gasteiger partial charge in [0, 0.05) is 49.3 Å². The van der Waals surface area contributed by atoms with Gasteiger partial charge in [-0.05, 0) is 29.3 Å². The van der Waals surface area contributed by atoms with Gasteiger partial charge in [-0.15, -0.1) is 0 Å². The van der Waals surface area contributed by atoms with Gasteiger partial charge >= 0.3 is 0 Å². The Kier molecular flexibility index (Phi) is 5.58. The lowest BCUT2D eigenvalue weighted by molar-refractivity contribution is -0.128. The lowest BCUT2D eigenvalue weighted by Crippen LogP contribution is -2.50. The summed E-state index contributed by atoms with van der Waals surface area (Å²) in [6.07, 6.45) is 3.59. The summed E-state index contributed by atoms with van der Waals surface area (Å²) in [5.74, 6) is 0.678. The molecule has 1 fully saturated rings. The van der Waals surface area contributed by atoms with Crippen molar-refractivity contribution in [2.24, 2.45) is 0 Å².